The quantitative estimate of drug-likeness (QED) is 0.724. The van der Waals surface area contributed by atoms with E-state index in [1.807, 2.05) is 0 Å². The first kappa shape index (κ1) is 15.1. The Morgan fingerprint density at radius 3 is 2.61 bits per heavy atom. The summed E-state index contributed by atoms with van der Waals surface area (Å²) in [5.41, 5.74) is 6.81. The molecule has 1 rings (SSSR count). The Morgan fingerprint density at radius 1 is 1.44 bits per heavy atom. The number of aryl methyl sites for hydroxylation is 2. The molecule has 0 atom stereocenters. The first-order chi connectivity index (χ1) is 8.38. The minimum Gasteiger partial charge on any atom is -0.361 e. The minimum atomic E-state index is -3.48. The second kappa shape index (κ2) is 6.28. The zero-order valence-electron chi connectivity index (χ0n) is 10.9. The van der Waals surface area contributed by atoms with Gasteiger partial charge in [0.15, 0.2) is 0 Å². The number of nitrogens with zero attached hydrogens (tertiary/aromatic N) is 2. The molecule has 0 aliphatic rings. The van der Waals surface area contributed by atoms with Crippen LogP contribution in [0.1, 0.15) is 23.4 Å². The zero-order valence-corrected chi connectivity index (χ0v) is 11.7. The van der Waals surface area contributed by atoms with Crippen molar-refractivity contribution >= 4 is 10.2 Å². The average molecular weight is 276 g/mol. The van der Waals surface area contributed by atoms with Gasteiger partial charge in [0.2, 0.25) is 0 Å². The molecule has 8 heteroatoms. The van der Waals surface area contributed by atoms with Gasteiger partial charge in [-0.05, 0) is 26.8 Å². The highest BCUT2D eigenvalue weighted by Crippen LogP contribution is 2.12. The van der Waals surface area contributed by atoms with E-state index in [0.717, 1.165) is 5.56 Å². The maximum atomic E-state index is 11.9. The van der Waals surface area contributed by atoms with Crippen molar-refractivity contribution in [2.75, 3.05) is 20.1 Å². The molecular weight excluding hydrogens is 256 g/mol. The first-order valence-corrected chi connectivity index (χ1v) is 7.15. The van der Waals surface area contributed by atoms with Crippen LogP contribution in [-0.2, 0) is 16.8 Å². The summed E-state index contributed by atoms with van der Waals surface area (Å²) >= 11 is 0. The SMILES string of the molecule is Cc1noc(C)c1CNS(=O)(=O)N(C)CCCN. The van der Waals surface area contributed by atoms with Gasteiger partial charge in [0.25, 0.3) is 10.2 Å². The van der Waals surface area contributed by atoms with Crippen LogP contribution in [0.25, 0.3) is 0 Å². The van der Waals surface area contributed by atoms with E-state index in [1.54, 1.807) is 13.8 Å². The van der Waals surface area contributed by atoms with Gasteiger partial charge < -0.3 is 10.3 Å². The summed E-state index contributed by atoms with van der Waals surface area (Å²) in [4.78, 5) is 0. The fourth-order valence-electron chi connectivity index (χ4n) is 1.46. The predicted octanol–water partition coefficient (Wildman–Crippen LogP) is -0.0936. The van der Waals surface area contributed by atoms with Crippen molar-refractivity contribution in [1.82, 2.24) is 14.2 Å². The van der Waals surface area contributed by atoms with Crippen molar-refractivity contribution < 1.29 is 12.9 Å². The summed E-state index contributed by atoms with van der Waals surface area (Å²) in [5.74, 6) is 0.625. The van der Waals surface area contributed by atoms with E-state index in [-0.39, 0.29) is 6.54 Å². The van der Waals surface area contributed by atoms with Crippen LogP contribution >= 0.6 is 0 Å². The maximum Gasteiger partial charge on any atom is 0.279 e. The Kier molecular flexibility index (Phi) is 5.27. The van der Waals surface area contributed by atoms with Crippen molar-refractivity contribution in [3.8, 4) is 0 Å². The highest BCUT2D eigenvalue weighted by atomic mass is 32.2. The molecule has 0 aliphatic heterocycles. The van der Waals surface area contributed by atoms with E-state index >= 15 is 0 Å². The number of hydrogen-bond donors (Lipinski definition) is 2. The lowest BCUT2D eigenvalue weighted by atomic mass is 10.2. The largest absolute Gasteiger partial charge is 0.361 e. The molecule has 7 nitrogen and oxygen atoms in total. The Hall–Kier alpha value is -0.960. The summed E-state index contributed by atoms with van der Waals surface area (Å²) in [6.07, 6.45) is 0.628. The summed E-state index contributed by atoms with van der Waals surface area (Å²) in [6, 6.07) is 0. The second-order valence-corrected chi connectivity index (χ2v) is 5.95. The molecular formula is C10H20N4O3S. The number of nitrogens with two attached hydrogens (primary N) is 1. The highest BCUT2D eigenvalue weighted by molar-refractivity contribution is 7.87. The summed E-state index contributed by atoms with van der Waals surface area (Å²) in [6.45, 7) is 4.56. The first-order valence-electron chi connectivity index (χ1n) is 5.71. The molecule has 0 radical (unpaired) electrons. The van der Waals surface area contributed by atoms with Gasteiger partial charge >= 0.3 is 0 Å². The number of rotatable bonds is 7. The standard InChI is InChI=1S/C10H20N4O3S/c1-8-10(9(2)17-13-8)7-12-18(15,16)14(3)6-4-5-11/h12H,4-7,11H2,1-3H3. The van der Waals surface area contributed by atoms with Gasteiger partial charge in [-0.2, -0.15) is 17.4 Å². The van der Waals surface area contributed by atoms with E-state index in [1.165, 1.54) is 11.4 Å². The number of aromatic nitrogens is 1. The molecule has 1 heterocycles. The molecule has 0 amide bonds. The zero-order chi connectivity index (χ0) is 13.8. The maximum absolute atomic E-state index is 11.9. The van der Waals surface area contributed by atoms with Crippen molar-refractivity contribution in [2.24, 2.45) is 5.73 Å². The summed E-state index contributed by atoms with van der Waals surface area (Å²) in [5, 5.41) is 3.77. The van der Waals surface area contributed by atoms with Crippen LogP contribution in [0, 0.1) is 13.8 Å². The van der Waals surface area contributed by atoms with Crippen LogP contribution in [0.4, 0.5) is 0 Å². The number of hydrogen-bond acceptors (Lipinski definition) is 5. The number of nitrogens with one attached hydrogen (secondary N) is 1. The van der Waals surface area contributed by atoms with Crippen LogP contribution in [0.15, 0.2) is 4.52 Å². The van der Waals surface area contributed by atoms with Crippen LogP contribution in [0.2, 0.25) is 0 Å². The fraction of sp³-hybridized carbons (Fsp3) is 0.700. The third-order valence-corrected chi connectivity index (χ3v) is 4.21. The molecule has 0 saturated carbocycles. The van der Waals surface area contributed by atoms with Gasteiger partial charge in [-0.1, -0.05) is 5.16 Å². The molecule has 0 fully saturated rings. The molecule has 1 aromatic rings. The minimum absolute atomic E-state index is 0.177. The van der Waals surface area contributed by atoms with E-state index in [2.05, 4.69) is 9.88 Å². The molecule has 0 unspecified atom stereocenters. The van der Waals surface area contributed by atoms with Gasteiger partial charge in [-0.25, -0.2) is 0 Å². The van der Waals surface area contributed by atoms with E-state index in [4.69, 9.17) is 10.3 Å². The molecule has 104 valence electrons. The smallest absolute Gasteiger partial charge is 0.279 e. The Labute approximate surface area is 107 Å². The third-order valence-electron chi connectivity index (χ3n) is 2.70. The Bertz CT molecular complexity index is 464. The van der Waals surface area contributed by atoms with Crippen molar-refractivity contribution in [2.45, 2.75) is 26.8 Å². The van der Waals surface area contributed by atoms with E-state index in [9.17, 15) is 8.42 Å². The van der Waals surface area contributed by atoms with E-state index < -0.39 is 10.2 Å². The second-order valence-electron chi connectivity index (χ2n) is 4.09. The third kappa shape index (κ3) is 3.77. The molecule has 0 aromatic carbocycles. The van der Waals surface area contributed by atoms with Crippen molar-refractivity contribution in [1.29, 1.82) is 0 Å². The van der Waals surface area contributed by atoms with Crippen LogP contribution in [0.3, 0.4) is 0 Å². The van der Waals surface area contributed by atoms with Gasteiger partial charge in [0.05, 0.1) is 5.69 Å². The molecule has 0 aliphatic carbocycles. The molecule has 0 bridgehead atoms. The van der Waals surface area contributed by atoms with Gasteiger partial charge in [0, 0.05) is 25.7 Å². The molecule has 18 heavy (non-hydrogen) atoms. The Balaban J connectivity index is 2.62. The van der Waals surface area contributed by atoms with Crippen LogP contribution in [0.5, 0.6) is 0 Å². The summed E-state index contributed by atoms with van der Waals surface area (Å²) in [7, 11) is -1.96. The lowest BCUT2D eigenvalue weighted by molar-refractivity contribution is 0.392. The van der Waals surface area contributed by atoms with Gasteiger partial charge in [-0.3, -0.25) is 0 Å². The van der Waals surface area contributed by atoms with Crippen molar-refractivity contribution in [3.05, 3.63) is 17.0 Å². The predicted molar refractivity (Wildman–Crippen MR) is 68.0 cm³/mol. The normalized spacial score (nSPS) is 12.3. The molecule has 1 aromatic heterocycles. The van der Waals surface area contributed by atoms with Crippen molar-refractivity contribution in [3.63, 3.8) is 0 Å². The topological polar surface area (TPSA) is 101 Å². The molecule has 0 spiro atoms. The molecule has 0 saturated heterocycles. The lowest BCUT2D eigenvalue weighted by Gasteiger charge is -2.17. The monoisotopic (exact) mass is 276 g/mol. The van der Waals surface area contributed by atoms with Gasteiger partial charge in [-0.15, -0.1) is 0 Å². The average Bonchev–Trinajstić information content (AvgIpc) is 2.63. The van der Waals surface area contributed by atoms with E-state index in [0.29, 0.717) is 31.0 Å². The van der Waals surface area contributed by atoms with Crippen LogP contribution < -0.4 is 10.5 Å². The van der Waals surface area contributed by atoms with Gasteiger partial charge in [0.1, 0.15) is 5.76 Å². The molecule has 3 N–H and O–H groups in total. The fourth-order valence-corrected chi connectivity index (χ4v) is 2.38. The lowest BCUT2D eigenvalue weighted by Crippen LogP contribution is -2.38. The summed E-state index contributed by atoms with van der Waals surface area (Å²) < 4.78 is 32.5. The highest BCUT2D eigenvalue weighted by Gasteiger charge is 2.18. The Morgan fingerprint density at radius 2 is 2.11 bits per heavy atom. The van der Waals surface area contributed by atoms with Crippen LogP contribution in [-0.4, -0.2) is 38.0 Å².